The molecule has 0 aliphatic rings. The SMILES string of the molecule is Cn1c(=NC(=O)c2ccc(S(=O)(=O)N(CCC#N)CCC#N)cc2)sc2cc([N+](=O)[O-])ccc21. The molecule has 0 saturated heterocycles. The minimum atomic E-state index is -3.95. The summed E-state index contributed by atoms with van der Waals surface area (Å²) in [7, 11) is -2.27. The van der Waals surface area contributed by atoms with Crippen molar-refractivity contribution >= 4 is 43.2 Å². The van der Waals surface area contributed by atoms with Crippen molar-refractivity contribution in [3.05, 3.63) is 62.9 Å². The average Bonchev–Trinajstić information content (AvgIpc) is 3.13. The zero-order valence-corrected chi connectivity index (χ0v) is 19.5. The van der Waals surface area contributed by atoms with Crippen molar-refractivity contribution in [2.45, 2.75) is 17.7 Å². The van der Waals surface area contributed by atoms with Gasteiger partial charge in [-0.25, -0.2) is 8.42 Å². The van der Waals surface area contributed by atoms with Crippen LogP contribution in [-0.2, 0) is 17.1 Å². The van der Waals surface area contributed by atoms with Gasteiger partial charge in [0.15, 0.2) is 4.80 Å². The van der Waals surface area contributed by atoms with Gasteiger partial charge >= 0.3 is 0 Å². The van der Waals surface area contributed by atoms with E-state index >= 15 is 0 Å². The minimum absolute atomic E-state index is 0.0184. The van der Waals surface area contributed by atoms with Crippen LogP contribution in [0.4, 0.5) is 5.69 Å². The van der Waals surface area contributed by atoms with Crippen LogP contribution in [0.15, 0.2) is 52.4 Å². The number of aromatic nitrogens is 1. The Bertz CT molecular complexity index is 1490. The molecule has 1 aromatic heterocycles. The summed E-state index contributed by atoms with van der Waals surface area (Å²) in [5, 5.41) is 28.6. The van der Waals surface area contributed by atoms with E-state index < -0.39 is 20.9 Å². The number of fused-ring (bicyclic) bond motifs is 1. The number of aryl methyl sites for hydroxylation is 1. The van der Waals surface area contributed by atoms with Crippen LogP contribution in [0.25, 0.3) is 10.2 Å². The Morgan fingerprint density at radius 2 is 1.76 bits per heavy atom. The Morgan fingerprint density at radius 3 is 2.32 bits per heavy atom. The standard InChI is InChI=1S/C21H18N6O5S2/c1-25-18-9-6-16(27(29)30)14-19(18)33-21(25)24-20(28)15-4-7-17(8-5-15)34(31,32)26(12-2-10-22)13-3-11-23/h4-9,14H,2-3,12-13H2,1H3. The van der Waals surface area contributed by atoms with E-state index in [9.17, 15) is 23.3 Å². The van der Waals surface area contributed by atoms with Gasteiger partial charge in [0.05, 0.1) is 32.2 Å². The highest BCUT2D eigenvalue weighted by Crippen LogP contribution is 2.23. The molecule has 0 fully saturated rings. The van der Waals surface area contributed by atoms with Crippen molar-refractivity contribution < 1.29 is 18.1 Å². The molecule has 3 aromatic rings. The number of nitrogens with zero attached hydrogens (tertiary/aromatic N) is 6. The topological polar surface area (TPSA) is 162 Å². The molecule has 0 saturated carbocycles. The van der Waals surface area contributed by atoms with Crippen molar-refractivity contribution in [1.29, 1.82) is 10.5 Å². The van der Waals surface area contributed by atoms with Gasteiger partial charge in [-0.15, -0.1) is 0 Å². The van der Waals surface area contributed by atoms with Crippen molar-refractivity contribution in [2.24, 2.45) is 12.0 Å². The number of nitro groups is 1. The number of carbonyl (C=O) groups is 1. The minimum Gasteiger partial charge on any atom is -0.319 e. The van der Waals surface area contributed by atoms with Crippen molar-refractivity contribution in [3.8, 4) is 12.1 Å². The highest BCUT2D eigenvalue weighted by atomic mass is 32.2. The smallest absolute Gasteiger partial charge is 0.279 e. The van der Waals surface area contributed by atoms with Crippen LogP contribution < -0.4 is 4.80 Å². The number of nitriles is 2. The fourth-order valence-corrected chi connectivity index (χ4v) is 5.61. The molecule has 0 spiro atoms. The lowest BCUT2D eigenvalue weighted by molar-refractivity contribution is -0.384. The molecule has 3 rings (SSSR count). The van der Waals surface area contributed by atoms with Crippen LogP contribution in [0.2, 0.25) is 0 Å². The maximum Gasteiger partial charge on any atom is 0.279 e. The van der Waals surface area contributed by atoms with Crippen LogP contribution in [0.3, 0.4) is 0 Å². The lowest BCUT2D eigenvalue weighted by Gasteiger charge is -2.20. The van der Waals surface area contributed by atoms with E-state index in [0.29, 0.717) is 15.0 Å². The second-order valence-electron chi connectivity index (χ2n) is 7.01. The molecule has 0 unspecified atom stereocenters. The molecule has 13 heteroatoms. The molecule has 0 atom stereocenters. The van der Waals surface area contributed by atoms with E-state index in [1.165, 1.54) is 36.4 Å². The van der Waals surface area contributed by atoms with Crippen LogP contribution in [0, 0.1) is 32.8 Å². The molecule has 34 heavy (non-hydrogen) atoms. The highest BCUT2D eigenvalue weighted by Gasteiger charge is 2.24. The van der Waals surface area contributed by atoms with Crippen LogP contribution >= 0.6 is 11.3 Å². The van der Waals surface area contributed by atoms with E-state index in [0.717, 1.165) is 15.6 Å². The number of benzene rings is 2. The van der Waals surface area contributed by atoms with Gasteiger partial charge in [-0.3, -0.25) is 14.9 Å². The maximum atomic E-state index is 12.9. The fourth-order valence-electron chi connectivity index (χ4n) is 3.11. The zero-order chi connectivity index (χ0) is 24.9. The number of amides is 1. The van der Waals surface area contributed by atoms with Crippen LogP contribution in [0.1, 0.15) is 23.2 Å². The maximum absolute atomic E-state index is 12.9. The second kappa shape index (κ2) is 10.4. The summed E-state index contributed by atoms with van der Waals surface area (Å²) in [6, 6.07) is 13.4. The molecule has 174 valence electrons. The second-order valence-corrected chi connectivity index (χ2v) is 9.96. The van der Waals surface area contributed by atoms with Crippen molar-refractivity contribution in [1.82, 2.24) is 8.87 Å². The third-order valence-corrected chi connectivity index (χ3v) is 7.89. The molecule has 0 radical (unpaired) electrons. The third-order valence-electron chi connectivity index (χ3n) is 4.89. The summed E-state index contributed by atoms with van der Waals surface area (Å²) in [5.41, 5.74) is 0.768. The number of carbonyl (C=O) groups excluding carboxylic acids is 1. The van der Waals surface area contributed by atoms with Crippen LogP contribution in [-0.4, -0.2) is 41.2 Å². The fraction of sp³-hybridized carbons (Fsp3) is 0.238. The molecule has 0 bridgehead atoms. The largest absolute Gasteiger partial charge is 0.319 e. The Labute approximate surface area is 198 Å². The first kappa shape index (κ1) is 24.7. The number of rotatable bonds is 8. The Kier molecular flexibility index (Phi) is 7.53. The summed E-state index contributed by atoms with van der Waals surface area (Å²) in [5.74, 6) is -0.605. The monoisotopic (exact) mass is 498 g/mol. The predicted molar refractivity (Wildman–Crippen MR) is 123 cm³/mol. The first-order valence-electron chi connectivity index (χ1n) is 9.86. The third kappa shape index (κ3) is 5.18. The summed E-state index contributed by atoms with van der Waals surface area (Å²) < 4.78 is 29.1. The van der Waals surface area contributed by atoms with Gasteiger partial charge in [-0.05, 0) is 30.3 Å². The van der Waals surface area contributed by atoms with Gasteiger partial charge in [0.25, 0.3) is 11.6 Å². The van der Waals surface area contributed by atoms with Gasteiger partial charge in [0, 0.05) is 50.7 Å². The van der Waals surface area contributed by atoms with E-state index in [1.807, 2.05) is 12.1 Å². The summed E-state index contributed by atoms with van der Waals surface area (Å²) in [6.07, 6.45) is -0.0368. The number of nitro benzene ring substituents is 1. The Balaban J connectivity index is 1.90. The first-order chi connectivity index (χ1) is 16.2. The summed E-state index contributed by atoms with van der Waals surface area (Å²) in [6.45, 7) is -0.0890. The van der Waals surface area contributed by atoms with E-state index in [4.69, 9.17) is 10.5 Å². The van der Waals surface area contributed by atoms with Gasteiger partial charge in [-0.1, -0.05) is 11.3 Å². The van der Waals surface area contributed by atoms with E-state index in [-0.39, 0.29) is 42.1 Å². The lowest BCUT2D eigenvalue weighted by Crippen LogP contribution is -2.32. The van der Waals surface area contributed by atoms with Crippen molar-refractivity contribution in [2.75, 3.05) is 13.1 Å². The highest BCUT2D eigenvalue weighted by molar-refractivity contribution is 7.89. The van der Waals surface area contributed by atoms with E-state index in [2.05, 4.69) is 4.99 Å². The lowest BCUT2D eigenvalue weighted by atomic mass is 10.2. The molecular formula is C21H18N6O5S2. The van der Waals surface area contributed by atoms with Gasteiger partial charge < -0.3 is 4.57 Å². The summed E-state index contributed by atoms with van der Waals surface area (Å²) >= 11 is 1.12. The molecule has 0 aliphatic heterocycles. The van der Waals surface area contributed by atoms with Crippen LogP contribution in [0.5, 0.6) is 0 Å². The molecule has 1 amide bonds. The number of non-ortho nitro benzene ring substituents is 1. The zero-order valence-electron chi connectivity index (χ0n) is 17.9. The predicted octanol–water partition coefficient (Wildman–Crippen LogP) is 2.71. The van der Waals surface area contributed by atoms with Gasteiger partial charge in [-0.2, -0.15) is 19.8 Å². The first-order valence-corrected chi connectivity index (χ1v) is 12.1. The number of thiazole rings is 1. The molecule has 11 nitrogen and oxygen atoms in total. The van der Waals surface area contributed by atoms with Gasteiger partial charge in [0.2, 0.25) is 10.0 Å². The molecule has 2 aromatic carbocycles. The van der Waals surface area contributed by atoms with E-state index in [1.54, 1.807) is 17.7 Å². The quantitative estimate of drug-likeness (QED) is 0.340. The molecule has 0 N–H and O–H groups in total. The number of hydrogen-bond donors (Lipinski definition) is 0. The average molecular weight is 499 g/mol. The number of sulfonamides is 1. The Hall–Kier alpha value is -3.91. The summed E-state index contributed by atoms with van der Waals surface area (Å²) in [4.78, 5) is 27.5. The molecule has 0 aliphatic carbocycles. The van der Waals surface area contributed by atoms with Crippen molar-refractivity contribution in [3.63, 3.8) is 0 Å². The molecular weight excluding hydrogens is 480 g/mol. The molecule has 1 heterocycles. The Morgan fingerprint density at radius 1 is 1.15 bits per heavy atom. The number of hydrogen-bond acceptors (Lipinski definition) is 8. The normalized spacial score (nSPS) is 11.9. The van der Waals surface area contributed by atoms with Gasteiger partial charge in [0.1, 0.15) is 0 Å².